The first-order chi connectivity index (χ1) is 5.26. The fourth-order valence-electron chi connectivity index (χ4n) is 1.55. The smallest absolute Gasteiger partial charge is 0.0499 e. The van der Waals surface area contributed by atoms with E-state index in [1.165, 1.54) is 12.8 Å². The highest BCUT2D eigenvalue weighted by Crippen LogP contribution is 2.41. The standard InChI is InChI=1S/C9H19NO/c1-2-9(6-10,7-11)5-8-3-4-8/h8,11H,2-7,10H2,1H3. The van der Waals surface area contributed by atoms with Crippen LogP contribution >= 0.6 is 0 Å². The molecule has 0 radical (unpaired) electrons. The van der Waals surface area contributed by atoms with Crippen LogP contribution in [0.15, 0.2) is 0 Å². The van der Waals surface area contributed by atoms with E-state index in [1.54, 1.807) is 0 Å². The number of hydrogen-bond donors (Lipinski definition) is 2. The molecular weight excluding hydrogens is 138 g/mol. The molecule has 0 aromatic heterocycles. The zero-order valence-corrected chi connectivity index (χ0v) is 7.34. The van der Waals surface area contributed by atoms with Crippen LogP contribution in [0.25, 0.3) is 0 Å². The van der Waals surface area contributed by atoms with Crippen molar-refractivity contribution in [3.05, 3.63) is 0 Å². The Morgan fingerprint density at radius 1 is 1.55 bits per heavy atom. The molecule has 1 aliphatic carbocycles. The van der Waals surface area contributed by atoms with Gasteiger partial charge in [-0.05, 0) is 18.8 Å². The summed E-state index contributed by atoms with van der Waals surface area (Å²) in [5.74, 6) is 0.866. The number of aliphatic hydroxyl groups excluding tert-OH is 1. The van der Waals surface area contributed by atoms with Gasteiger partial charge in [0, 0.05) is 18.6 Å². The summed E-state index contributed by atoms with van der Waals surface area (Å²) < 4.78 is 0. The van der Waals surface area contributed by atoms with Gasteiger partial charge in [-0.1, -0.05) is 19.8 Å². The number of hydrogen-bond acceptors (Lipinski definition) is 2. The molecule has 1 atom stereocenters. The van der Waals surface area contributed by atoms with E-state index in [-0.39, 0.29) is 12.0 Å². The van der Waals surface area contributed by atoms with E-state index in [1.807, 2.05) is 0 Å². The van der Waals surface area contributed by atoms with Crippen molar-refractivity contribution < 1.29 is 5.11 Å². The van der Waals surface area contributed by atoms with Crippen LogP contribution in [-0.4, -0.2) is 18.3 Å². The maximum atomic E-state index is 9.17. The Morgan fingerprint density at radius 3 is 2.45 bits per heavy atom. The molecule has 11 heavy (non-hydrogen) atoms. The van der Waals surface area contributed by atoms with Crippen LogP contribution < -0.4 is 5.73 Å². The summed E-state index contributed by atoms with van der Waals surface area (Å²) in [4.78, 5) is 0. The largest absolute Gasteiger partial charge is 0.396 e. The third kappa shape index (κ3) is 2.17. The van der Waals surface area contributed by atoms with Crippen LogP contribution in [0.4, 0.5) is 0 Å². The van der Waals surface area contributed by atoms with E-state index in [9.17, 15) is 5.11 Å². The summed E-state index contributed by atoms with van der Waals surface area (Å²) in [5.41, 5.74) is 5.69. The molecule has 1 rings (SSSR count). The van der Waals surface area contributed by atoms with Gasteiger partial charge in [-0.25, -0.2) is 0 Å². The maximum absolute atomic E-state index is 9.17. The van der Waals surface area contributed by atoms with Gasteiger partial charge in [0.15, 0.2) is 0 Å². The number of aliphatic hydroxyl groups is 1. The van der Waals surface area contributed by atoms with Crippen LogP contribution in [0, 0.1) is 11.3 Å². The van der Waals surface area contributed by atoms with E-state index in [0.29, 0.717) is 6.54 Å². The fourth-order valence-corrected chi connectivity index (χ4v) is 1.55. The molecule has 3 N–H and O–H groups in total. The fraction of sp³-hybridized carbons (Fsp3) is 1.00. The van der Waals surface area contributed by atoms with Crippen LogP contribution in [0.2, 0.25) is 0 Å². The topological polar surface area (TPSA) is 46.2 Å². The molecule has 1 fully saturated rings. The Hall–Kier alpha value is -0.0800. The molecular formula is C9H19NO. The zero-order valence-electron chi connectivity index (χ0n) is 7.34. The third-order valence-electron chi connectivity index (χ3n) is 2.94. The first-order valence-electron chi connectivity index (χ1n) is 4.57. The van der Waals surface area contributed by atoms with Gasteiger partial charge in [-0.3, -0.25) is 0 Å². The first-order valence-corrected chi connectivity index (χ1v) is 4.57. The lowest BCUT2D eigenvalue weighted by atomic mass is 9.81. The van der Waals surface area contributed by atoms with Gasteiger partial charge in [0.2, 0.25) is 0 Å². The highest BCUT2D eigenvalue weighted by molar-refractivity contribution is 4.86. The molecule has 0 aromatic carbocycles. The van der Waals surface area contributed by atoms with Crippen molar-refractivity contribution in [2.24, 2.45) is 17.1 Å². The molecule has 2 nitrogen and oxygen atoms in total. The summed E-state index contributed by atoms with van der Waals surface area (Å²) >= 11 is 0. The molecule has 0 spiro atoms. The molecule has 0 bridgehead atoms. The Kier molecular flexibility index (Phi) is 2.90. The predicted octanol–water partition coefficient (Wildman–Crippen LogP) is 1.13. The minimum atomic E-state index is 0.0428. The van der Waals surface area contributed by atoms with Crippen molar-refractivity contribution in [3.8, 4) is 0 Å². The quantitative estimate of drug-likeness (QED) is 0.628. The molecule has 0 aromatic rings. The summed E-state index contributed by atoms with van der Waals surface area (Å²) in [6, 6.07) is 0. The van der Waals surface area contributed by atoms with Crippen molar-refractivity contribution in [1.29, 1.82) is 0 Å². The van der Waals surface area contributed by atoms with Gasteiger partial charge >= 0.3 is 0 Å². The molecule has 0 aliphatic heterocycles. The maximum Gasteiger partial charge on any atom is 0.0499 e. The Balaban J connectivity index is 2.39. The molecule has 1 unspecified atom stereocenters. The predicted molar refractivity (Wildman–Crippen MR) is 46.2 cm³/mol. The van der Waals surface area contributed by atoms with Gasteiger partial charge in [-0.2, -0.15) is 0 Å². The van der Waals surface area contributed by atoms with Gasteiger partial charge in [0.1, 0.15) is 0 Å². The Bertz CT molecular complexity index is 108. The second kappa shape index (κ2) is 3.55. The second-order valence-electron chi connectivity index (χ2n) is 3.86. The van der Waals surface area contributed by atoms with E-state index >= 15 is 0 Å². The van der Waals surface area contributed by atoms with Gasteiger partial charge in [-0.15, -0.1) is 0 Å². The Morgan fingerprint density at radius 2 is 2.18 bits per heavy atom. The van der Waals surface area contributed by atoms with E-state index < -0.39 is 0 Å². The second-order valence-corrected chi connectivity index (χ2v) is 3.86. The van der Waals surface area contributed by atoms with Crippen LogP contribution in [-0.2, 0) is 0 Å². The average Bonchev–Trinajstić information content (AvgIpc) is 2.84. The average molecular weight is 157 g/mol. The van der Waals surface area contributed by atoms with Gasteiger partial charge in [0.25, 0.3) is 0 Å². The molecule has 1 aliphatic rings. The van der Waals surface area contributed by atoms with Crippen LogP contribution in [0.5, 0.6) is 0 Å². The highest BCUT2D eigenvalue weighted by atomic mass is 16.3. The normalized spacial score (nSPS) is 23.2. The number of nitrogens with two attached hydrogens (primary N) is 1. The summed E-state index contributed by atoms with van der Waals surface area (Å²) in [5, 5.41) is 9.17. The highest BCUT2D eigenvalue weighted by Gasteiger charge is 2.34. The lowest BCUT2D eigenvalue weighted by molar-refractivity contribution is 0.111. The summed E-state index contributed by atoms with van der Waals surface area (Å²) in [6.07, 6.45) is 4.84. The zero-order chi connectivity index (χ0) is 8.32. The van der Waals surface area contributed by atoms with E-state index in [0.717, 1.165) is 18.8 Å². The van der Waals surface area contributed by atoms with Gasteiger partial charge < -0.3 is 10.8 Å². The summed E-state index contributed by atoms with van der Waals surface area (Å²) in [7, 11) is 0. The van der Waals surface area contributed by atoms with Gasteiger partial charge in [0.05, 0.1) is 0 Å². The Labute approximate surface area is 68.8 Å². The first kappa shape index (κ1) is 9.01. The third-order valence-corrected chi connectivity index (χ3v) is 2.94. The monoisotopic (exact) mass is 157 g/mol. The SMILES string of the molecule is CCC(CN)(CO)CC1CC1. The van der Waals surface area contributed by atoms with Crippen LogP contribution in [0.1, 0.15) is 32.6 Å². The molecule has 0 heterocycles. The molecule has 2 heteroatoms. The molecule has 66 valence electrons. The van der Waals surface area contributed by atoms with E-state index in [4.69, 9.17) is 5.73 Å². The lowest BCUT2D eigenvalue weighted by Crippen LogP contribution is -2.34. The van der Waals surface area contributed by atoms with Crippen molar-refractivity contribution in [3.63, 3.8) is 0 Å². The van der Waals surface area contributed by atoms with Crippen molar-refractivity contribution in [2.45, 2.75) is 32.6 Å². The van der Waals surface area contributed by atoms with Crippen molar-refractivity contribution in [1.82, 2.24) is 0 Å². The molecule has 0 saturated heterocycles. The number of rotatable bonds is 5. The van der Waals surface area contributed by atoms with Crippen molar-refractivity contribution in [2.75, 3.05) is 13.2 Å². The summed E-state index contributed by atoms with van der Waals surface area (Å²) in [6.45, 7) is 3.01. The molecule has 1 saturated carbocycles. The lowest BCUT2D eigenvalue weighted by Gasteiger charge is -2.28. The van der Waals surface area contributed by atoms with E-state index in [2.05, 4.69) is 6.92 Å². The minimum Gasteiger partial charge on any atom is -0.396 e. The van der Waals surface area contributed by atoms with Crippen molar-refractivity contribution >= 4 is 0 Å². The minimum absolute atomic E-state index is 0.0428. The molecule has 0 amide bonds. The van der Waals surface area contributed by atoms with Crippen LogP contribution in [0.3, 0.4) is 0 Å².